The van der Waals surface area contributed by atoms with Crippen molar-refractivity contribution >= 4 is 19.8 Å². The number of phosphoric ester groups is 1. The van der Waals surface area contributed by atoms with E-state index in [2.05, 4.69) is 62.5 Å². The van der Waals surface area contributed by atoms with E-state index in [0.717, 1.165) is 44.9 Å². The summed E-state index contributed by atoms with van der Waals surface area (Å²) >= 11 is 0. The Bertz CT molecular complexity index is 1530. The Balaban J connectivity index is 3.79. The van der Waals surface area contributed by atoms with Crippen LogP contribution in [-0.4, -0.2) is 49.3 Å². The Hall–Kier alpha value is -2.03. The van der Waals surface area contributed by atoms with Crippen molar-refractivity contribution in [2.24, 2.45) is 5.73 Å². The summed E-state index contributed by atoms with van der Waals surface area (Å²) in [7, 11) is -4.39. The summed E-state index contributed by atoms with van der Waals surface area (Å²) in [6, 6.07) is 0. The number of unbranched alkanes of at least 4 members (excludes halogenated alkanes) is 50. The highest BCUT2D eigenvalue weighted by Gasteiger charge is 2.26. The number of esters is 2. The molecule has 0 heterocycles. The molecule has 2 unspecified atom stereocenters. The zero-order valence-electron chi connectivity index (χ0n) is 56.4. The predicted octanol–water partition coefficient (Wildman–Crippen LogP) is 24.4. The minimum Gasteiger partial charge on any atom is -0.462 e. The van der Waals surface area contributed by atoms with Crippen molar-refractivity contribution in [1.82, 2.24) is 0 Å². The summed E-state index contributed by atoms with van der Waals surface area (Å²) in [5.74, 6) is -0.806. The van der Waals surface area contributed by atoms with Gasteiger partial charge in [0.1, 0.15) is 6.61 Å². The fourth-order valence-electron chi connectivity index (χ4n) is 11.2. The molecule has 0 aliphatic rings. The Morgan fingerprint density at radius 3 is 0.918 bits per heavy atom. The highest BCUT2D eigenvalue weighted by Crippen LogP contribution is 2.43. The molecular weight excluding hydrogens is 1070 g/mol. The second-order valence-corrected chi connectivity index (χ2v) is 26.6. The Labute approximate surface area is 527 Å². The number of nitrogens with two attached hydrogens (primary N) is 1. The molecule has 0 aromatic rings. The first-order valence-electron chi connectivity index (χ1n) is 37.1. The van der Waals surface area contributed by atoms with Gasteiger partial charge in [-0.2, -0.15) is 0 Å². The highest BCUT2D eigenvalue weighted by molar-refractivity contribution is 7.47. The van der Waals surface area contributed by atoms with Gasteiger partial charge in [-0.25, -0.2) is 4.57 Å². The topological polar surface area (TPSA) is 134 Å². The van der Waals surface area contributed by atoms with Gasteiger partial charge >= 0.3 is 19.8 Å². The van der Waals surface area contributed by atoms with E-state index < -0.39 is 26.5 Å². The van der Waals surface area contributed by atoms with Gasteiger partial charge in [-0.15, -0.1) is 0 Å². The molecule has 0 saturated carbocycles. The minimum absolute atomic E-state index is 0.0555. The standard InChI is InChI=1S/C75H142NO8P/c1-3-5-7-9-11-13-15-17-19-21-23-25-27-29-31-32-33-34-35-36-37-38-39-40-42-44-46-48-50-52-54-56-58-60-62-64-66-68-75(78)84-73(72-83-85(79,80)82-70-69-76)71-81-74(77)67-65-63-61-59-57-55-53-51-49-47-45-43-41-30-28-26-24-22-20-18-16-14-12-10-8-6-4-2/h15,17,21-24,27,29,73H,3-14,16,18-20,25-26,28,30-72,76H2,1-2H3,(H,79,80)/b17-15-,23-21-,24-22-,29-27-. The van der Waals surface area contributed by atoms with Gasteiger partial charge in [0.15, 0.2) is 6.10 Å². The summed E-state index contributed by atoms with van der Waals surface area (Å²) in [6.07, 6.45) is 90.8. The van der Waals surface area contributed by atoms with E-state index in [9.17, 15) is 19.0 Å². The summed E-state index contributed by atoms with van der Waals surface area (Å²) in [4.78, 5) is 35.4. The van der Waals surface area contributed by atoms with Gasteiger partial charge in [-0.3, -0.25) is 18.6 Å². The lowest BCUT2D eigenvalue weighted by atomic mass is 10.0. The molecule has 0 aromatic carbocycles. The van der Waals surface area contributed by atoms with E-state index in [1.165, 1.54) is 308 Å². The van der Waals surface area contributed by atoms with Crippen molar-refractivity contribution in [3.8, 4) is 0 Å². The van der Waals surface area contributed by atoms with Crippen molar-refractivity contribution in [3.63, 3.8) is 0 Å². The largest absolute Gasteiger partial charge is 0.472 e. The molecule has 0 aliphatic heterocycles. The average Bonchev–Trinajstić information content (AvgIpc) is 3.52. The number of hydrogen-bond donors (Lipinski definition) is 2. The Morgan fingerprint density at radius 1 is 0.353 bits per heavy atom. The third-order valence-electron chi connectivity index (χ3n) is 16.7. The van der Waals surface area contributed by atoms with Gasteiger partial charge in [0, 0.05) is 19.4 Å². The van der Waals surface area contributed by atoms with E-state index in [-0.39, 0.29) is 38.6 Å². The van der Waals surface area contributed by atoms with E-state index >= 15 is 0 Å². The average molecular weight is 1220 g/mol. The second-order valence-electron chi connectivity index (χ2n) is 25.2. The van der Waals surface area contributed by atoms with E-state index in [1.807, 2.05) is 0 Å². The van der Waals surface area contributed by atoms with Crippen molar-refractivity contribution < 1.29 is 37.6 Å². The summed E-state index contributed by atoms with van der Waals surface area (Å²) < 4.78 is 33.2. The Morgan fingerprint density at radius 2 is 0.612 bits per heavy atom. The molecule has 2 atom stereocenters. The smallest absolute Gasteiger partial charge is 0.462 e. The van der Waals surface area contributed by atoms with Crippen LogP contribution in [0, 0.1) is 0 Å². The molecule has 3 N–H and O–H groups in total. The maximum Gasteiger partial charge on any atom is 0.472 e. The molecule has 0 aromatic heterocycles. The first kappa shape index (κ1) is 83.0. The SMILES string of the molecule is CCCCCCC/C=C\C/C=C\C/C=C\CCCCCCCCCCCCCCCCCCCCCCCCC(=O)OC(COC(=O)CCCCCCCCCCCCCCCCC/C=C\CCCCCCCCCC)COP(=O)(O)OCCN. The molecule has 9 nitrogen and oxygen atoms in total. The fraction of sp³-hybridized carbons (Fsp3) is 0.867. The quantitative estimate of drug-likeness (QED) is 0.0264. The van der Waals surface area contributed by atoms with E-state index in [1.54, 1.807) is 0 Å². The molecule has 0 amide bonds. The highest BCUT2D eigenvalue weighted by atomic mass is 31.2. The maximum atomic E-state index is 12.8. The minimum atomic E-state index is -4.39. The number of phosphoric acid groups is 1. The summed E-state index contributed by atoms with van der Waals surface area (Å²) in [6.45, 7) is 3.80. The van der Waals surface area contributed by atoms with Crippen LogP contribution in [0.4, 0.5) is 0 Å². The fourth-order valence-corrected chi connectivity index (χ4v) is 11.9. The van der Waals surface area contributed by atoms with Gasteiger partial charge in [0.05, 0.1) is 13.2 Å². The number of allylic oxidation sites excluding steroid dienone is 8. The number of carbonyl (C=O) groups excluding carboxylic acids is 2. The van der Waals surface area contributed by atoms with Gasteiger partial charge in [-0.1, -0.05) is 345 Å². The monoisotopic (exact) mass is 1220 g/mol. The van der Waals surface area contributed by atoms with Crippen molar-refractivity contribution in [1.29, 1.82) is 0 Å². The van der Waals surface area contributed by atoms with Crippen LogP contribution in [0.3, 0.4) is 0 Å². The molecule has 0 aliphatic carbocycles. The third kappa shape index (κ3) is 70.9. The van der Waals surface area contributed by atoms with Crippen LogP contribution in [0.15, 0.2) is 48.6 Å². The molecule has 10 heteroatoms. The normalized spacial score (nSPS) is 13.1. The zero-order valence-corrected chi connectivity index (χ0v) is 57.3. The third-order valence-corrected chi connectivity index (χ3v) is 17.7. The van der Waals surface area contributed by atoms with Crippen LogP contribution in [0.2, 0.25) is 0 Å². The molecule has 0 bridgehead atoms. The lowest BCUT2D eigenvalue weighted by Gasteiger charge is -2.19. The Kier molecular flexibility index (Phi) is 69.4. The number of rotatable bonds is 71. The molecule has 0 radical (unpaired) electrons. The van der Waals surface area contributed by atoms with E-state index in [0.29, 0.717) is 6.42 Å². The number of hydrogen-bond acceptors (Lipinski definition) is 8. The van der Waals surface area contributed by atoms with Gasteiger partial charge < -0.3 is 20.1 Å². The summed E-state index contributed by atoms with van der Waals surface area (Å²) in [5, 5.41) is 0. The summed E-state index contributed by atoms with van der Waals surface area (Å²) in [5.41, 5.74) is 5.41. The number of carbonyl (C=O) groups is 2. The molecule has 500 valence electrons. The zero-order chi connectivity index (χ0) is 61.6. The van der Waals surface area contributed by atoms with Gasteiger partial charge in [-0.05, 0) is 77.0 Å². The number of ether oxygens (including phenoxy) is 2. The van der Waals surface area contributed by atoms with Crippen LogP contribution < -0.4 is 5.73 Å². The molecular formula is C75H142NO8P. The molecule has 0 fully saturated rings. The van der Waals surface area contributed by atoms with Crippen LogP contribution in [-0.2, 0) is 32.7 Å². The first-order chi connectivity index (χ1) is 41.8. The van der Waals surface area contributed by atoms with Crippen LogP contribution >= 0.6 is 7.82 Å². The predicted molar refractivity (Wildman–Crippen MR) is 367 cm³/mol. The maximum absolute atomic E-state index is 12.8. The molecule has 0 saturated heterocycles. The molecule has 0 rings (SSSR count). The second kappa shape index (κ2) is 71.1. The van der Waals surface area contributed by atoms with Crippen molar-refractivity contribution in [2.45, 2.75) is 392 Å². The van der Waals surface area contributed by atoms with Gasteiger partial charge in [0.2, 0.25) is 0 Å². The molecule has 0 spiro atoms. The lowest BCUT2D eigenvalue weighted by Crippen LogP contribution is -2.29. The van der Waals surface area contributed by atoms with E-state index in [4.69, 9.17) is 24.3 Å². The molecule has 85 heavy (non-hydrogen) atoms. The van der Waals surface area contributed by atoms with Crippen LogP contribution in [0.1, 0.15) is 386 Å². The first-order valence-corrected chi connectivity index (χ1v) is 38.6. The van der Waals surface area contributed by atoms with Gasteiger partial charge in [0.25, 0.3) is 0 Å². The van der Waals surface area contributed by atoms with Crippen LogP contribution in [0.5, 0.6) is 0 Å². The van der Waals surface area contributed by atoms with Crippen molar-refractivity contribution in [2.75, 3.05) is 26.4 Å². The van der Waals surface area contributed by atoms with Crippen LogP contribution in [0.25, 0.3) is 0 Å². The van der Waals surface area contributed by atoms with Crippen molar-refractivity contribution in [3.05, 3.63) is 48.6 Å². The lowest BCUT2D eigenvalue weighted by molar-refractivity contribution is -0.161.